The molecular weight excluding hydrogens is 461 g/mol. The molecule has 0 saturated heterocycles. The van der Waals surface area contributed by atoms with Gasteiger partial charge in [-0.1, -0.05) is 53.7 Å². The Morgan fingerprint density at radius 2 is 1.71 bits per heavy atom. The van der Waals surface area contributed by atoms with Crippen molar-refractivity contribution in [1.82, 2.24) is 5.32 Å². The van der Waals surface area contributed by atoms with Crippen LogP contribution in [0.4, 0.5) is 18.9 Å². The van der Waals surface area contributed by atoms with Crippen molar-refractivity contribution < 1.29 is 22.8 Å². The van der Waals surface area contributed by atoms with Crippen LogP contribution in [0.15, 0.2) is 76.5 Å². The van der Waals surface area contributed by atoms with Gasteiger partial charge in [-0.05, 0) is 54.5 Å². The first-order valence-corrected chi connectivity index (χ1v) is 11.3. The zero-order chi connectivity index (χ0) is 24.5. The van der Waals surface area contributed by atoms with Gasteiger partial charge in [0.25, 0.3) is 11.8 Å². The highest BCUT2D eigenvalue weighted by Crippen LogP contribution is 2.42. The summed E-state index contributed by atoms with van der Waals surface area (Å²) >= 11 is 1.22. The fraction of sp³-hybridized carbons (Fsp3) is 0.154. The second-order valence-electron chi connectivity index (χ2n) is 7.95. The number of likely N-dealkylation sites (N-methyl/N-ethyl adjacent to an activating group) is 1. The van der Waals surface area contributed by atoms with E-state index in [0.29, 0.717) is 28.3 Å². The number of halogens is 3. The SMILES string of the molecule is Cc1ccc(CNC(=O)c2ccc3c(c2)N(C)C(=O)/C(=C/c2ccc(C(F)(F)F)cc2)S3)cc1. The maximum absolute atomic E-state index is 12.9. The Bertz CT molecular complexity index is 1270. The average molecular weight is 483 g/mol. The van der Waals surface area contributed by atoms with E-state index in [1.165, 1.54) is 28.8 Å². The van der Waals surface area contributed by atoms with E-state index in [9.17, 15) is 22.8 Å². The van der Waals surface area contributed by atoms with Crippen molar-refractivity contribution >= 4 is 35.3 Å². The number of carbonyl (C=O) groups excluding carboxylic acids is 2. The van der Waals surface area contributed by atoms with E-state index >= 15 is 0 Å². The third-order valence-corrected chi connectivity index (χ3v) is 6.50. The molecule has 0 aliphatic carbocycles. The fourth-order valence-electron chi connectivity index (χ4n) is 3.45. The summed E-state index contributed by atoms with van der Waals surface area (Å²) in [4.78, 5) is 28.1. The van der Waals surface area contributed by atoms with Gasteiger partial charge in [-0.15, -0.1) is 0 Å². The maximum atomic E-state index is 12.9. The zero-order valence-electron chi connectivity index (χ0n) is 18.4. The summed E-state index contributed by atoms with van der Waals surface area (Å²) in [5.41, 5.74) is 2.91. The molecule has 3 aromatic carbocycles. The summed E-state index contributed by atoms with van der Waals surface area (Å²) in [5.74, 6) is -0.546. The summed E-state index contributed by atoms with van der Waals surface area (Å²) in [5, 5.41) is 2.88. The van der Waals surface area contributed by atoms with Crippen LogP contribution < -0.4 is 10.2 Å². The number of anilines is 1. The largest absolute Gasteiger partial charge is 0.416 e. The van der Waals surface area contributed by atoms with E-state index in [-0.39, 0.29) is 11.8 Å². The van der Waals surface area contributed by atoms with Crippen molar-refractivity contribution in [3.8, 4) is 0 Å². The van der Waals surface area contributed by atoms with Gasteiger partial charge in [0, 0.05) is 24.1 Å². The minimum Gasteiger partial charge on any atom is -0.348 e. The number of hydrogen-bond donors (Lipinski definition) is 1. The molecule has 3 aromatic rings. The highest BCUT2D eigenvalue weighted by atomic mass is 32.2. The number of amides is 2. The summed E-state index contributed by atoms with van der Waals surface area (Å²) in [7, 11) is 1.61. The van der Waals surface area contributed by atoms with Crippen LogP contribution in [0, 0.1) is 6.92 Å². The number of carbonyl (C=O) groups is 2. The molecule has 0 fully saturated rings. The van der Waals surface area contributed by atoms with Crippen molar-refractivity contribution in [2.75, 3.05) is 11.9 Å². The van der Waals surface area contributed by atoms with Gasteiger partial charge in [-0.2, -0.15) is 13.2 Å². The van der Waals surface area contributed by atoms with Crippen LogP contribution in [0.5, 0.6) is 0 Å². The van der Waals surface area contributed by atoms with Crippen LogP contribution in [0.1, 0.15) is 32.6 Å². The lowest BCUT2D eigenvalue weighted by molar-refractivity contribution is -0.137. The van der Waals surface area contributed by atoms with Crippen molar-refractivity contribution in [1.29, 1.82) is 0 Å². The molecule has 0 bridgehead atoms. The molecule has 0 spiro atoms. The van der Waals surface area contributed by atoms with Crippen LogP contribution in [-0.4, -0.2) is 18.9 Å². The molecule has 174 valence electrons. The van der Waals surface area contributed by atoms with Crippen LogP contribution in [-0.2, 0) is 17.5 Å². The number of fused-ring (bicyclic) bond motifs is 1. The molecule has 1 aliphatic rings. The predicted molar refractivity (Wildman–Crippen MR) is 127 cm³/mol. The first-order valence-electron chi connectivity index (χ1n) is 10.4. The van der Waals surface area contributed by atoms with Gasteiger partial charge < -0.3 is 10.2 Å². The van der Waals surface area contributed by atoms with Crippen LogP contribution >= 0.6 is 11.8 Å². The summed E-state index contributed by atoms with van der Waals surface area (Å²) in [6, 6.07) is 17.6. The highest BCUT2D eigenvalue weighted by molar-refractivity contribution is 8.04. The molecular formula is C26H21F3N2O2S. The van der Waals surface area contributed by atoms with Crippen LogP contribution in [0.2, 0.25) is 0 Å². The number of benzene rings is 3. The Kier molecular flexibility index (Phi) is 6.52. The lowest BCUT2D eigenvalue weighted by atomic mass is 10.1. The molecule has 2 amide bonds. The second-order valence-corrected chi connectivity index (χ2v) is 9.03. The van der Waals surface area contributed by atoms with Crippen molar-refractivity contribution in [3.63, 3.8) is 0 Å². The molecule has 34 heavy (non-hydrogen) atoms. The molecule has 0 radical (unpaired) electrons. The van der Waals surface area contributed by atoms with Crippen LogP contribution in [0.25, 0.3) is 6.08 Å². The van der Waals surface area contributed by atoms with Gasteiger partial charge in [0.15, 0.2) is 0 Å². The van der Waals surface area contributed by atoms with Gasteiger partial charge >= 0.3 is 6.18 Å². The normalized spacial score (nSPS) is 14.8. The Labute approximate surface area is 199 Å². The first kappa shape index (κ1) is 23.6. The standard InChI is InChI=1S/C26H21F3N2O2S/c1-16-3-5-18(6-4-16)15-30-24(32)19-9-12-22-21(14-19)31(2)25(33)23(34-22)13-17-7-10-20(11-8-17)26(27,28)29/h3-14H,15H2,1-2H3,(H,30,32)/b23-13-. The Morgan fingerprint density at radius 3 is 2.35 bits per heavy atom. The molecule has 0 unspecified atom stereocenters. The minimum absolute atomic E-state index is 0.250. The number of alkyl halides is 3. The molecule has 1 heterocycles. The van der Waals surface area contributed by atoms with Gasteiger partial charge in [0.05, 0.1) is 16.2 Å². The van der Waals surface area contributed by atoms with Gasteiger partial charge in [0.1, 0.15) is 0 Å². The second kappa shape index (κ2) is 9.38. The summed E-state index contributed by atoms with van der Waals surface area (Å²) < 4.78 is 38.4. The van der Waals surface area contributed by atoms with E-state index in [1.54, 1.807) is 31.3 Å². The van der Waals surface area contributed by atoms with E-state index in [0.717, 1.165) is 28.2 Å². The molecule has 0 atom stereocenters. The highest BCUT2D eigenvalue weighted by Gasteiger charge is 2.30. The van der Waals surface area contributed by atoms with Crippen LogP contribution in [0.3, 0.4) is 0 Å². The molecule has 4 rings (SSSR count). The Balaban J connectivity index is 1.51. The van der Waals surface area contributed by atoms with Crippen molar-refractivity contribution in [3.05, 3.63) is 99.5 Å². The number of thioether (sulfide) groups is 1. The zero-order valence-corrected chi connectivity index (χ0v) is 19.3. The van der Waals surface area contributed by atoms with Gasteiger partial charge in [-0.25, -0.2) is 0 Å². The Morgan fingerprint density at radius 1 is 1.03 bits per heavy atom. The predicted octanol–water partition coefficient (Wildman–Crippen LogP) is 6.05. The lowest BCUT2D eigenvalue weighted by Crippen LogP contribution is -2.31. The number of hydrogen-bond acceptors (Lipinski definition) is 3. The molecule has 0 aromatic heterocycles. The molecule has 1 aliphatic heterocycles. The van der Waals surface area contributed by atoms with Crippen molar-refractivity contribution in [2.24, 2.45) is 0 Å². The van der Waals surface area contributed by atoms with Gasteiger partial charge in [-0.3, -0.25) is 9.59 Å². The third-order valence-electron chi connectivity index (χ3n) is 5.43. The average Bonchev–Trinajstić information content (AvgIpc) is 2.81. The molecule has 1 N–H and O–H groups in total. The van der Waals surface area contributed by atoms with Crippen molar-refractivity contribution in [2.45, 2.75) is 24.5 Å². The monoisotopic (exact) mass is 482 g/mol. The lowest BCUT2D eigenvalue weighted by Gasteiger charge is -2.27. The molecule has 0 saturated carbocycles. The van der Waals surface area contributed by atoms with E-state index in [2.05, 4.69) is 5.32 Å². The number of rotatable bonds is 4. The molecule has 4 nitrogen and oxygen atoms in total. The third kappa shape index (κ3) is 5.17. The quantitative estimate of drug-likeness (QED) is 0.461. The number of aryl methyl sites for hydroxylation is 1. The Hall–Kier alpha value is -3.52. The smallest absolute Gasteiger partial charge is 0.348 e. The maximum Gasteiger partial charge on any atom is 0.416 e. The number of nitrogens with one attached hydrogen (secondary N) is 1. The fourth-order valence-corrected chi connectivity index (χ4v) is 4.54. The van der Waals surface area contributed by atoms with E-state index < -0.39 is 11.7 Å². The minimum atomic E-state index is -4.41. The summed E-state index contributed by atoms with van der Waals surface area (Å²) in [6.45, 7) is 2.38. The molecule has 8 heteroatoms. The number of nitrogens with zero attached hydrogens (tertiary/aromatic N) is 1. The first-order chi connectivity index (χ1) is 16.1. The summed E-state index contributed by atoms with van der Waals surface area (Å²) in [6.07, 6.45) is -2.85. The van der Waals surface area contributed by atoms with E-state index in [1.807, 2.05) is 31.2 Å². The van der Waals surface area contributed by atoms with Gasteiger partial charge in [0.2, 0.25) is 0 Å². The van der Waals surface area contributed by atoms with E-state index in [4.69, 9.17) is 0 Å². The topological polar surface area (TPSA) is 49.4 Å².